The molecule has 0 spiro atoms. The third-order valence-electron chi connectivity index (χ3n) is 5.52. The van der Waals surface area contributed by atoms with Gasteiger partial charge in [-0.15, -0.1) is 0 Å². The molecule has 4 aromatic rings. The van der Waals surface area contributed by atoms with Gasteiger partial charge in [-0.3, -0.25) is 4.79 Å². The van der Waals surface area contributed by atoms with E-state index in [1.54, 1.807) is 55.5 Å². The largest absolute Gasteiger partial charge is 0.494 e. The van der Waals surface area contributed by atoms with Gasteiger partial charge in [0, 0.05) is 0 Å². The maximum Gasteiger partial charge on any atom is 0.343 e. The van der Waals surface area contributed by atoms with Crippen LogP contribution in [0.1, 0.15) is 29.8 Å². The molecule has 1 amide bonds. The van der Waals surface area contributed by atoms with Crippen molar-refractivity contribution in [2.24, 2.45) is 5.10 Å². The predicted octanol–water partition coefficient (Wildman–Crippen LogP) is 5.89. The Labute approximate surface area is 221 Å². The molecular weight excluding hydrogens is 480 g/mol. The van der Waals surface area contributed by atoms with Crippen LogP contribution in [0.3, 0.4) is 0 Å². The van der Waals surface area contributed by atoms with Gasteiger partial charge in [0.25, 0.3) is 5.91 Å². The molecule has 0 saturated carbocycles. The molecule has 0 aliphatic rings. The molecule has 4 aromatic carbocycles. The lowest BCUT2D eigenvalue weighted by atomic mass is 10.1. The highest BCUT2D eigenvalue weighted by Crippen LogP contribution is 2.22. The van der Waals surface area contributed by atoms with Crippen LogP contribution in [0.4, 0.5) is 0 Å². The molecule has 1 atom stereocenters. The third kappa shape index (κ3) is 7.30. The van der Waals surface area contributed by atoms with Gasteiger partial charge in [-0.2, -0.15) is 5.10 Å². The molecule has 0 unspecified atom stereocenters. The van der Waals surface area contributed by atoms with E-state index in [4.69, 9.17) is 14.2 Å². The molecule has 192 valence electrons. The first kappa shape index (κ1) is 26.2. The summed E-state index contributed by atoms with van der Waals surface area (Å²) in [6.45, 7) is 4.11. The van der Waals surface area contributed by atoms with Crippen molar-refractivity contribution in [1.82, 2.24) is 5.43 Å². The average molecular weight is 509 g/mol. The SMILES string of the molecule is CCOc1ccc(C(=O)Oc2ccc(/C=N\NC(=O)[C@@H](C)Oc3ccc(-c4ccccc4)cc3)cc2)cc1. The Balaban J connectivity index is 1.24. The van der Waals surface area contributed by atoms with Crippen LogP contribution in [0.2, 0.25) is 0 Å². The number of hydrazone groups is 1. The van der Waals surface area contributed by atoms with Crippen molar-refractivity contribution in [1.29, 1.82) is 0 Å². The first-order valence-corrected chi connectivity index (χ1v) is 12.2. The number of amides is 1. The second-order valence-corrected chi connectivity index (χ2v) is 8.30. The summed E-state index contributed by atoms with van der Waals surface area (Å²) in [5.41, 5.74) is 5.80. The molecule has 0 bridgehead atoms. The molecule has 4 rings (SSSR count). The van der Waals surface area contributed by atoms with E-state index in [0.29, 0.717) is 29.4 Å². The van der Waals surface area contributed by atoms with Crippen LogP contribution in [-0.4, -0.2) is 30.8 Å². The summed E-state index contributed by atoms with van der Waals surface area (Å²) in [5, 5.41) is 4.00. The van der Waals surface area contributed by atoms with Gasteiger partial charge in [0.15, 0.2) is 6.10 Å². The Bertz CT molecular complexity index is 1370. The second-order valence-electron chi connectivity index (χ2n) is 8.30. The first-order chi connectivity index (χ1) is 18.5. The molecule has 0 aliphatic heterocycles. The zero-order valence-electron chi connectivity index (χ0n) is 21.2. The van der Waals surface area contributed by atoms with Crippen molar-refractivity contribution >= 4 is 18.1 Å². The highest BCUT2D eigenvalue weighted by atomic mass is 16.5. The van der Waals surface area contributed by atoms with Gasteiger partial charge in [-0.1, -0.05) is 42.5 Å². The molecular formula is C31H28N2O5. The van der Waals surface area contributed by atoms with E-state index in [1.807, 2.05) is 61.5 Å². The number of carbonyl (C=O) groups excluding carboxylic acids is 2. The number of esters is 1. The standard InChI is InChI=1S/C31H28N2O5/c1-3-36-27-17-13-26(14-18-27)31(35)38-29-15-9-23(10-16-29)21-32-33-30(34)22(2)37-28-19-11-25(12-20-28)24-7-5-4-6-8-24/h4-22H,3H2,1-2H3,(H,33,34)/b32-21-/t22-/m1/s1. The number of carbonyl (C=O) groups is 2. The minimum atomic E-state index is -0.737. The normalized spacial score (nSPS) is 11.5. The van der Waals surface area contributed by atoms with E-state index in [9.17, 15) is 9.59 Å². The summed E-state index contributed by atoms with van der Waals surface area (Å²) < 4.78 is 16.5. The minimum absolute atomic E-state index is 0.380. The van der Waals surface area contributed by atoms with Crippen molar-refractivity contribution in [2.75, 3.05) is 6.61 Å². The molecule has 7 nitrogen and oxygen atoms in total. The Hall–Kier alpha value is -4.91. The number of nitrogens with zero attached hydrogens (tertiary/aromatic N) is 1. The Kier molecular flexibility index (Phi) is 8.86. The van der Waals surface area contributed by atoms with Crippen LogP contribution in [0.15, 0.2) is 108 Å². The maximum absolute atomic E-state index is 12.4. The fourth-order valence-corrected chi connectivity index (χ4v) is 3.52. The van der Waals surface area contributed by atoms with E-state index in [-0.39, 0.29) is 5.91 Å². The fourth-order valence-electron chi connectivity index (χ4n) is 3.52. The van der Waals surface area contributed by atoms with Crippen LogP contribution in [0.25, 0.3) is 11.1 Å². The summed E-state index contributed by atoms with van der Waals surface area (Å²) in [6.07, 6.45) is 0.760. The zero-order chi connectivity index (χ0) is 26.7. The zero-order valence-corrected chi connectivity index (χ0v) is 21.2. The molecule has 38 heavy (non-hydrogen) atoms. The molecule has 0 saturated heterocycles. The molecule has 0 aliphatic carbocycles. The van der Waals surface area contributed by atoms with E-state index < -0.39 is 12.1 Å². The van der Waals surface area contributed by atoms with Crippen LogP contribution in [0.5, 0.6) is 17.2 Å². The predicted molar refractivity (Wildman–Crippen MR) is 147 cm³/mol. The monoisotopic (exact) mass is 508 g/mol. The smallest absolute Gasteiger partial charge is 0.343 e. The summed E-state index contributed by atoms with van der Waals surface area (Å²) in [6, 6.07) is 31.1. The Morgan fingerprint density at radius 3 is 2.05 bits per heavy atom. The van der Waals surface area contributed by atoms with Gasteiger partial charge in [-0.25, -0.2) is 10.2 Å². The summed E-state index contributed by atoms with van der Waals surface area (Å²) in [5.74, 6) is 0.829. The van der Waals surface area contributed by atoms with Crippen molar-refractivity contribution in [3.8, 4) is 28.4 Å². The Morgan fingerprint density at radius 1 is 0.789 bits per heavy atom. The number of hydrogen-bond donors (Lipinski definition) is 1. The van der Waals surface area contributed by atoms with E-state index in [2.05, 4.69) is 10.5 Å². The molecule has 0 fully saturated rings. The number of benzene rings is 4. The fraction of sp³-hybridized carbons (Fsp3) is 0.129. The van der Waals surface area contributed by atoms with Gasteiger partial charge >= 0.3 is 5.97 Å². The van der Waals surface area contributed by atoms with Crippen molar-refractivity contribution in [3.63, 3.8) is 0 Å². The van der Waals surface area contributed by atoms with Gasteiger partial charge in [0.2, 0.25) is 0 Å². The van der Waals surface area contributed by atoms with E-state index in [0.717, 1.165) is 16.7 Å². The Morgan fingerprint density at radius 2 is 1.39 bits per heavy atom. The first-order valence-electron chi connectivity index (χ1n) is 12.2. The number of rotatable bonds is 10. The molecule has 0 radical (unpaired) electrons. The lowest BCUT2D eigenvalue weighted by Gasteiger charge is -2.13. The van der Waals surface area contributed by atoms with Gasteiger partial charge in [0.05, 0.1) is 18.4 Å². The van der Waals surface area contributed by atoms with Crippen molar-refractivity contribution < 1.29 is 23.8 Å². The summed E-state index contributed by atoms with van der Waals surface area (Å²) in [4.78, 5) is 24.7. The number of nitrogens with one attached hydrogen (secondary N) is 1. The summed E-state index contributed by atoms with van der Waals surface area (Å²) in [7, 11) is 0. The van der Waals surface area contributed by atoms with E-state index in [1.165, 1.54) is 6.21 Å². The molecule has 7 heteroatoms. The van der Waals surface area contributed by atoms with Gasteiger partial charge < -0.3 is 14.2 Å². The molecule has 1 N–H and O–H groups in total. The topological polar surface area (TPSA) is 86.2 Å². The number of ether oxygens (including phenoxy) is 3. The average Bonchev–Trinajstić information content (AvgIpc) is 2.95. The quantitative estimate of drug-likeness (QED) is 0.125. The lowest BCUT2D eigenvalue weighted by molar-refractivity contribution is -0.127. The molecule has 0 aromatic heterocycles. The van der Waals surface area contributed by atoms with Gasteiger partial charge in [-0.05, 0) is 91.2 Å². The highest BCUT2D eigenvalue weighted by Gasteiger charge is 2.14. The lowest BCUT2D eigenvalue weighted by Crippen LogP contribution is -2.33. The van der Waals surface area contributed by atoms with E-state index >= 15 is 0 Å². The second kappa shape index (κ2) is 12.9. The van der Waals surface area contributed by atoms with Crippen molar-refractivity contribution in [3.05, 3.63) is 114 Å². The minimum Gasteiger partial charge on any atom is -0.494 e. The van der Waals surface area contributed by atoms with Crippen LogP contribution in [-0.2, 0) is 4.79 Å². The van der Waals surface area contributed by atoms with Gasteiger partial charge in [0.1, 0.15) is 17.2 Å². The third-order valence-corrected chi connectivity index (χ3v) is 5.52. The van der Waals surface area contributed by atoms with Crippen LogP contribution < -0.4 is 19.6 Å². The summed E-state index contributed by atoms with van der Waals surface area (Å²) >= 11 is 0. The number of hydrogen-bond acceptors (Lipinski definition) is 6. The maximum atomic E-state index is 12.4. The highest BCUT2D eigenvalue weighted by molar-refractivity contribution is 5.91. The van der Waals surface area contributed by atoms with Crippen LogP contribution in [0, 0.1) is 0 Å². The molecule has 0 heterocycles. The van der Waals surface area contributed by atoms with Crippen molar-refractivity contribution in [2.45, 2.75) is 20.0 Å². The van der Waals surface area contributed by atoms with Crippen LogP contribution >= 0.6 is 0 Å².